The van der Waals surface area contributed by atoms with Gasteiger partial charge in [0.05, 0.1) is 6.10 Å². The molecule has 4 aliphatic carbocycles. The molecule has 1 nitrogen and oxygen atoms in total. The van der Waals surface area contributed by atoms with Crippen molar-refractivity contribution in [1.82, 2.24) is 0 Å². The third-order valence-electron chi connectivity index (χ3n) is 11.9. The van der Waals surface area contributed by atoms with E-state index in [-0.39, 0.29) is 6.10 Å². The van der Waals surface area contributed by atoms with Crippen molar-refractivity contribution >= 4 is 0 Å². The van der Waals surface area contributed by atoms with E-state index >= 15 is 0 Å². The first kappa shape index (κ1) is 23.1. The molecule has 1 heteroatoms. The van der Waals surface area contributed by atoms with Crippen LogP contribution < -0.4 is 0 Å². The predicted octanol–water partition coefficient (Wildman–Crippen LogP) is 8.10. The van der Waals surface area contributed by atoms with Gasteiger partial charge in [-0.25, -0.2) is 0 Å². The van der Waals surface area contributed by atoms with Crippen LogP contribution in [0.5, 0.6) is 0 Å². The molecule has 174 valence electrons. The van der Waals surface area contributed by atoms with Crippen molar-refractivity contribution in [3.05, 3.63) is 0 Å². The molecular formula is C29H52O. The van der Waals surface area contributed by atoms with Gasteiger partial charge in [-0.2, -0.15) is 0 Å². The minimum absolute atomic E-state index is 0.0111. The van der Waals surface area contributed by atoms with Gasteiger partial charge in [-0.1, -0.05) is 54.4 Å². The number of hydrogen-bond acceptors (Lipinski definition) is 1. The highest BCUT2D eigenvalue weighted by Gasteiger charge is 2.60. The van der Waals surface area contributed by atoms with Crippen LogP contribution in [0.15, 0.2) is 0 Å². The summed E-state index contributed by atoms with van der Waals surface area (Å²) >= 11 is 0. The fourth-order valence-corrected chi connectivity index (χ4v) is 9.90. The lowest BCUT2D eigenvalue weighted by Crippen LogP contribution is -2.54. The summed E-state index contributed by atoms with van der Waals surface area (Å²) in [6, 6.07) is 0. The van der Waals surface area contributed by atoms with Crippen LogP contribution in [-0.2, 0) is 0 Å². The Bertz CT molecular complexity index is 583. The molecule has 0 heterocycles. The van der Waals surface area contributed by atoms with E-state index in [1.54, 1.807) is 0 Å². The molecule has 0 amide bonds. The lowest BCUT2D eigenvalue weighted by Gasteiger charge is -2.61. The Morgan fingerprint density at radius 1 is 0.833 bits per heavy atom. The van der Waals surface area contributed by atoms with Crippen LogP contribution in [0, 0.1) is 58.2 Å². The Morgan fingerprint density at radius 3 is 2.23 bits per heavy atom. The summed E-state index contributed by atoms with van der Waals surface area (Å²) in [6.45, 7) is 15.2. The summed E-state index contributed by atoms with van der Waals surface area (Å²) < 4.78 is 0. The molecule has 30 heavy (non-hydrogen) atoms. The molecular weight excluding hydrogens is 364 g/mol. The van der Waals surface area contributed by atoms with Gasteiger partial charge in [0, 0.05) is 0 Å². The van der Waals surface area contributed by atoms with Crippen molar-refractivity contribution in [1.29, 1.82) is 0 Å². The Morgan fingerprint density at radius 2 is 1.53 bits per heavy atom. The van der Waals surface area contributed by atoms with Crippen molar-refractivity contribution in [2.75, 3.05) is 0 Å². The van der Waals surface area contributed by atoms with Gasteiger partial charge in [0.25, 0.3) is 0 Å². The molecule has 4 rings (SSSR count). The molecule has 0 bridgehead atoms. The number of aliphatic hydroxyl groups excluding tert-OH is 1. The molecule has 4 unspecified atom stereocenters. The predicted molar refractivity (Wildman–Crippen MR) is 128 cm³/mol. The van der Waals surface area contributed by atoms with Crippen molar-refractivity contribution in [2.45, 2.75) is 125 Å². The van der Waals surface area contributed by atoms with E-state index in [9.17, 15) is 5.11 Å². The molecule has 1 N–H and O–H groups in total. The molecule has 0 aromatic heterocycles. The summed E-state index contributed by atoms with van der Waals surface area (Å²) in [5, 5.41) is 10.3. The zero-order valence-corrected chi connectivity index (χ0v) is 21.1. The lowest BCUT2D eigenvalue weighted by atomic mass is 9.44. The molecule has 4 aliphatic rings. The number of hydrogen-bond donors (Lipinski definition) is 1. The highest BCUT2D eigenvalue weighted by molar-refractivity contribution is 5.09. The van der Waals surface area contributed by atoms with Gasteiger partial charge in [-0.05, 0) is 122 Å². The largest absolute Gasteiger partial charge is 0.393 e. The molecule has 0 aromatic carbocycles. The first-order valence-corrected chi connectivity index (χ1v) is 13.9. The SMILES string of the molecule is CCC(CCC(C)[C@H]1CC[C@H]2[C@@H]3CCC4CC(O)CC[C@]4(C)[C@H]3CC[C@]12C)C(C)C. The van der Waals surface area contributed by atoms with Gasteiger partial charge in [0.1, 0.15) is 0 Å². The van der Waals surface area contributed by atoms with Gasteiger partial charge in [0.2, 0.25) is 0 Å². The zero-order valence-electron chi connectivity index (χ0n) is 21.1. The highest BCUT2D eigenvalue weighted by atomic mass is 16.3. The van der Waals surface area contributed by atoms with Gasteiger partial charge >= 0.3 is 0 Å². The van der Waals surface area contributed by atoms with E-state index in [0.29, 0.717) is 10.8 Å². The van der Waals surface area contributed by atoms with Crippen molar-refractivity contribution in [3.63, 3.8) is 0 Å². The molecule has 0 spiro atoms. The molecule has 0 aliphatic heterocycles. The minimum atomic E-state index is -0.0111. The topological polar surface area (TPSA) is 20.2 Å². The van der Waals surface area contributed by atoms with Gasteiger partial charge < -0.3 is 5.11 Å². The maximum Gasteiger partial charge on any atom is 0.0543 e. The second kappa shape index (κ2) is 8.72. The number of rotatable bonds is 6. The van der Waals surface area contributed by atoms with E-state index in [1.165, 1.54) is 64.2 Å². The molecule has 4 saturated carbocycles. The lowest BCUT2D eigenvalue weighted by molar-refractivity contribution is -0.129. The summed E-state index contributed by atoms with van der Waals surface area (Å²) in [4.78, 5) is 0. The van der Waals surface area contributed by atoms with Crippen LogP contribution in [0.2, 0.25) is 0 Å². The summed E-state index contributed by atoms with van der Waals surface area (Å²) in [5.41, 5.74) is 1.14. The van der Waals surface area contributed by atoms with Crippen molar-refractivity contribution in [3.8, 4) is 0 Å². The Balaban J connectivity index is 1.45. The van der Waals surface area contributed by atoms with Crippen LogP contribution in [0.4, 0.5) is 0 Å². The summed E-state index contributed by atoms with van der Waals surface area (Å²) in [5.74, 6) is 7.34. The maximum absolute atomic E-state index is 10.3. The number of fused-ring (bicyclic) bond motifs is 5. The molecule has 4 fully saturated rings. The average molecular weight is 417 g/mol. The average Bonchev–Trinajstić information content (AvgIpc) is 3.06. The fraction of sp³-hybridized carbons (Fsp3) is 1.00. The standard InChI is InChI=1S/C29H52O/c1-7-21(19(2)3)9-8-20(4)25-12-13-26-24-11-10-22-18-23(30)14-16-28(22,5)27(24)15-17-29(25,26)6/h19-27,30H,7-18H2,1-6H3/t20?,21?,22?,23?,24-,25+,26-,27-,28-,29+/m0/s1. The van der Waals surface area contributed by atoms with E-state index in [2.05, 4.69) is 41.5 Å². The number of aliphatic hydroxyl groups is 1. The third-order valence-corrected chi connectivity index (χ3v) is 11.9. The first-order chi connectivity index (χ1) is 14.2. The van der Waals surface area contributed by atoms with E-state index in [1.807, 2.05) is 0 Å². The van der Waals surface area contributed by atoms with E-state index in [4.69, 9.17) is 0 Å². The van der Waals surface area contributed by atoms with Crippen LogP contribution in [-0.4, -0.2) is 11.2 Å². The molecule has 10 atom stereocenters. The monoisotopic (exact) mass is 416 g/mol. The highest BCUT2D eigenvalue weighted by Crippen LogP contribution is 2.68. The van der Waals surface area contributed by atoms with Crippen molar-refractivity contribution < 1.29 is 5.11 Å². The first-order valence-electron chi connectivity index (χ1n) is 13.9. The summed E-state index contributed by atoms with van der Waals surface area (Å²) in [6.07, 6.45) is 16.5. The second-order valence-corrected chi connectivity index (χ2v) is 13.3. The van der Waals surface area contributed by atoms with Gasteiger partial charge in [-0.15, -0.1) is 0 Å². The minimum Gasteiger partial charge on any atom is -0.393 e. The van der Waals surface area contributed by atoms with Gasteiger partial charge in [0.15, 0.2) is 0 Å². The van der Waals surface area contributed by atoms with Crippen LogP contribution in [0.1, 0.15) is 119 Å². The zero-order chi connectivity index (χ0) is 21.7. The van der Waals surface area contributed by atoms with Crippen molar-refractivity contribution in [2.24, 2.45) is 58.2 Å². The van der Waals surface area contributed by atoms with Crippen LogP contribution in [0.3, 0.4) is 0 Å². The Kier molecular flexibility index (Phi) is 6.72. The normalized spacial score (nSPS) is 48.0. The molecule has 0 saturated heterocycles. The quantitative estimate of drug-likeness (QED) is 0.463. The van der Waals surface area contributed by atoms with E-state index in [0.717, 1.165) is 60.2 Å². The molecule has 0 radical (unpaired) electrons. The van der Waals surface area contributed by atoms with E-state index < -0.39 is 0 Å². The van der Waals surface area contributed by atoms with Gasteiger partial charge in [-0.3, -0.25) is 0 Å². The van der Waals surface area contributed by atoms with Crippen LogP contribution >= 0.6 is 0 Å². The fourth-order valence-electron chi connectivity index (χ4n) is 9.90. The summed E-state index contributed by atoms with van der Waals surface area (Å²) in [7, 11) is 0. The Labute approximate surface area is 188 Å². The Hall–Kier alpha value is -0.0400. The maximum atomic E-state index is 10.3. The van der Waals surface area contributed by atoms with Crippen LogP contribution in [0.25, 0.3) is 0 Å². The second-order valence-electron chi connectivity index (χ2n) is 13.3. The third kappa shape index (κ3) is 3.82. The molecule has 0 aromatic rings. The smallest absolute Gasteiger partial charge is 0.0543 e.